The molecule has 0 aromatic heterocycles. The van der Waals surface area contributed by atoms with E-state index in [1.54, 1.807) is 0 Å². The van der Waals surface area contributed by atoms with Crippen LogP contribution in [-0.4, -0.2) is 17.4 Å². The van der Waals surface area contributed by atoms with Gasteiger partial charge >= 0.3 is 0 Å². The first kappa shape index (κ1) is 8.22. The molecule has 0 aliphatic rings. The van der Waals surface area contributed by atoms with Crippen molar-refractivity contribution in [2.75, 3.05) is 11.5 Å². The van der Waals surface area contributed by atoms with Crippen LogP contribution >= 0.6 is 10.5 Å². The van der Waals surface area contributed by atoms with Crippen LogP contribution in [0.2, 0.25) is 0 Å². The maximum atomic E-state index is 4.02. The van der Waals surface area contributed by atoms with Gasteiger partial charge in [0.25, 0.3) is 0 Å². The van der Waals surface area contributed by atoms with Crippen molar-refractivity contribution in [1.29, 1.82) is 0 Å². The van der Waals surface area contributed by atoms with Crippen LogP contribution in [0.25, 0.3) is 0 Å². The second-order valence-electron chi connectivity index (χ2n) is 2.46. The highest BCUT2D eigenvalue weighted by Gasteiger charge is 1.92. The van der Waals surface area contributed by atoms with Gasteiger partial charge in [-0.3, -0.25) is 0 Å². The Balaban J connectivity index is 3.25. The Labute approximate surface area is 55.2 Å². The summed E-state index contributed by atoms with van der Waals surface area (Å²) in [5.41, 5.74) is 0. The molecule has 0 saturated heterocycles. The molecule has 0 aliphatic heterocycles. The van der Waals surface area contributed by atoms with Crippen LogP contribution in [0.3, 0.4) is 0 Å². The Hall–Kier alpha value is 0.220. The van der Waals surface area contributed by atoms with Gasteiger partial charge in [-0.05, 0) is 17.4 Å². The minimum atomic E-state index is 0.443. The van der Waals surface area contributed by atoms with E-state index in [4.69, 9.17) is 0 Å². The summed E-state index contributed by atoms with van der Waals surface area (Å²) < 4.78 is 0. The summed E-state index contributed by atoms with van der Waals surface area (Å²) >= 11 is 0. The minimum Gasteiger partial charge on any atom is -0.193 e. The molecule has 0 spiro atoms. The molecular formula is C7H16S. The Bertz CT molecular complexity index is 74.5. The number of hydrogen-bond donors (Lipinski definition) is 0. The highest BCUT2D eigenvalue weighted by atomic mass is 32.2. The Morgan fingerprint density at radius 2 is 2.00 bits per heavy atom. The maximum absolute atomic E-state index is 4.02. The highest BCUT2D eigenvalue weighted by molar-refractivity contribution is 8.14. The SMILES string of the molecule is C=S(CC)CC(C)C. The lowest BCUT2D eigenvalue weighted by Gasteiger charge is -2.05. The van der Waals surface area contributed by atoms with E-state index in [-0.39, 0.29) is 0 Å². The molecule has 0 rings (SSSR count). The van der Waals surface area contributed by atoms with Crippen LogP contribution in [0.4, 0.5) is 0 Å². The molecule has 0 aliphatic carbocycles. The third-order valence-electron chi connectivity index (χ3n) is 0.977. The van der Waals surface area contributed by atoms with Crippen molar-refractivity contribution < 1.29 is 0 Å². The van der Waals surface area contributed by atoms with Crippen LogP contribution in [0.5, 0.6) is 0 Å². The lowest BCUT2D eigenvalue weighted by molar-refractivity contribution is 0.750. The normalized spacial score (nSPS) is 14.5. The van der Waals surface area contributed by atoms with Crippen LogP contribution in [0, 0.1) is 5.92 Å². The molecule has 0 bridgehead atoms. The Morgan fingerprint density at radius 3 is 2.12 bits per heavy atom. The van der Waals surface area contributed by atoms with Gasteiger partial charge in [-0.2, -0.15) is 10.5 Å². The molecule has 8 heavy (non-hydrogen) atoms. The van der Waals surface area contributed by atoms with Crippen LogP contribution in [0.15, 0.2) is 0 Å². The molecule has 50 valence electrons. The smallest absolute Gasteiger partial charge is 0.00997 e. The molecular weight excluding hydrogens is 116 g/mol. The maximum Gasteiger partial charge on any atom is -0.00997 e. The number of hydrogen-bond acceptors (Lipinski definition) is 0. The molecule has 0 saturated carbocycles. The van der Waals surface area contributed by atoms with Crippen molar-refractivity contribution in [3.8, 4) is 0 Å². The molecule has 0 N–H and O–H groups in total. The van der Waals surface area contributed by atoms with Gasteiger partial charge in [-0.25, -0.2) is 0 Å². The fourth-order valence-electron chi connectivity index (χ4n) is 0.589. The largest absolute Gasteiger partial charge is 0.193 e. The third kappa shape index (κ3) is 4.38. The van der Waals surface area contributed by atoms with Gasteiger partial charge in [0.05, 0.1) is 0 Å². The standard InChI is InChI=1S/C7H16S/c1-5-8(4)6-7(2)3/h7H,4-6H2,1-3H3. The molecule has 0 aromatic rings. The molecule has 1 unspecified atom stereocenters. The average molecular weight is 132 g/mol. The van der Waals surface area contributed by atoms with E-state index in [2.05, 4.69) is 26.6 Å². The molecule has 1 atom stereocenters. The molecule has 0 heterocycles. The van der Waals surface area contributed by atoms with Crippen molar-refractivity contribution in [1.82, 2.24) is 0 Å². The van der Waals surface area contributed by atoms with E-state index in [9.17, 15) is 0 Å². The number of rotatable bonds is 3. The monoisotopic (exact) mass is 132 g/mol. The summed E-state index contributed by atoms with van der Waals surface area (Å²) in [4.78, 5) is 0. The summed E-state index contributed by atoms with van der Waals surface area (Å²) in [5.74, 6) is 7.40. The van der Waals surface area contributed by atoms with E-state index in [0.717, 1.165) is 5.92 Å². The summed E-state index contributed by atoms with van der Waals surface area (Å²) in [6, 6.07) is 0. The molecule has 0 radical (unpaired) electrons. The van der Waals surface area contributed by atoms with Crippen molar-refractivity contribution in [3.63, 3.8) is 0 Å². The van der Waals surface area contributed by atoms with E-state index < -0.39 is 0 Å². The fourth-order valence-corrected chi connectivity index (χ4v) is 1.77. The zero-order valence-electron chi connectivity index (χ0n) is 6.11. The van der Waals surface area contributed by atoms with E-state index in [1.165, 1.54) is 11.5 Å². The zero-order valence-corrected chi connectivity index (χ0v) is 6.92. The van der Waals surface area contributed by atoms with Gasteiger partial charge in [0, 0.05) is 0 Å². The third-order valence-corrected chi connectivity index (χ3v) is 2.93. The lowest BCUT2D eigenvalue weighted by atomic mass is 10.3. The summed E-state index contributed by atoms with van der Waals surface area (Å²) in [7, 11) is 0.443. The van der Waals surface area contributed by atoms with Crippen molar-refractivity contribution in [2.24, 2.45) is 5.92 Å². The van der Waals surface area contributed by atoms with Gasteiger partial charge in [0.2, 0.25) is 0 Å². The van der Waals surface area contributed by atoms with E-state index >= 15 is 0 Å². The molecule has 0 amide bonds. The molecule has 0 nitrogen and oxygen atoms in total. The first-order chi connectivity index (χ1) is 3.66. The second kappa shape index (κ2) is 4.13. The fraction of sp³-hybridized carbons (Fsp3) is 0.857. The Kier molecular flexibility index (Phi) is 4.25. The van der Waals surface area contributed by atoms with Crippen molar-refractivity contribution in [3.05, 3.63) is 0 Å². The van der Waals surface area contributed by atoms with Gasteiger partial charge in [-0.15, -0.1) is 0 Å². The summed E-state index contributed by atoms with van der Waals surface area (Å²) in [6.07, 6.45) is 0. The first-order valence-corrected chi connectivity index (χ1v) is 4.87. The Morgan fingerprint density at radius 1 is 1.50 bits per heavy atom. The summed E-state index contributed by atoms with van der Waals surface area (Å²) in [5, 5.41) is 0. The van der Waals surface area contributed by atoms with Gasteiger partial charge in [-0.1, -0.05) is 26.6 Å². The minimum absolute atomic E-state index is 0.443. The van der Waals surface area contributed by atoms with Gasteiger partial charge < -0.3 is 0 Å². The molecule has 0 fully saturated rings. The summed E-state index contributed by atoms with van der Waals surface area (Å²) in [6.45, 7) is 6.71. The van der Waals surface area contributed by atoms with Gasteiger partial charge in [0.15, 0.2) is 0 Å². The van der Waals surface area contributed by atoms with Crippen LogP contribution in [0.1, 0.15) is 20.8 Å². The van der Waals surface area contributed by atoms with Gasteiger partial charge in [0.1, 0.15) is 0 Å². The molecule has 0 aromatic carbocycles. The quantitative estimate of drug-likeness (QED) is 0.517. The highest BCUT2D eigenvalue weighted by Crippen LogP contribution is 2.12. The predicted molar refractivity (Wildman–Crippen MR) is 45.0 cm³/mol. The second-order valence-corrected chi connectivity index (χ2v) is 4.60. The average Bonchev–Trinajstić information content (AvgIpc) is 1.65. The predicted octanol–water partition coefficient (Wildman–Crippen LogP) is 2.36. The topological polar surface area (TPSA) is 0 Å². The van der Waals surface area contributed by atoms with E-state index in [1.807, 2.05) is 0 Å². The first-order valence-electron chi connectivity index (χ1n) is 3.14. The van der Waals surface area contributed by atoms with E-state index in [0.29, 0.717) is 10.5 Å². The van der Waals surface area contributed by atoms with Crippen LogP contribution in [-0.2, 0) is 0 Å². The zero-order chi connectivity index (χ0) is 6.57. The van der Waals surface area contributed by atoms with Crippen molar-refractivity contribution >= 4 is 16.4 Å². The van der Waals surface area contributed by atoms with Crippen LogP contribution < -0.4 is 0 Å². The molecule has 1 heteroatoms. The van der Waals surface area contributed by atoms with Crippen molar-refractivity contribution in [2.45, 2.75) is 20.8 Å². The lowest BCUT2D eigenvalue weighted by Crippen LogP contribution is -1.93.